The lowest BCUT2D eigenvalue weighted by Crippen LogP contribution is -2.53. The van der Waals surface area contributed by atoms with Gasteiger partial charge in [0.15, 0.2) is 5.54 Å². The molecule has 2 aromatic rings. The molecule has 0 saturated carbocycles. The van der Waals surface area contributed by atoms with Gasteiger partial charge in [-0.1, -0.05) is 48.5 Å². The van der Waals surface area contributed by atoms with Crippen LogP contribution in [0, 0.1) is 6.07 Å². The maximum atomic E-state index is 12.3. The molecular formula is C16H13N2O3. The third-order valence-corrected chi connectivity index (χ3v) is 3.86. The molecule has 3 N–H and O–H groups in total. The van der Waals surface area contributed by atoms with Gasteiger partial charge in [0, 0.05) is 0 Å². The van der Waals surface area contributed by atoms with E-state index in [0.717, 1.165) is 10.5 Å². The average molecular weight is 281 g/mol. The molecule has 1 aliphatic heterocycles. The quantitative estimate of drug-likeness (QED) is 0.879. The molecule has 0 aliphatic carbocycles. The van der Waals surface area contributed by atoms with E-state index in [9.17, 15) is 14.7 Å². The van der Waals surface area contributed by atoms with Crippen molar-refractivity contribution < 1.29 is 14.7 Å². The van der Waals surface area contributed by atoms with Crippen molar-refractivity contribution in [1.29, 1.82) is 0 Å². The van der Waals surface area contributed by atoms with Crippen LogP contribution in [0.2, 0.25) is 0 Å². The first-order valence-corrected chi connectivity index (χ1v) is 6.44. The molecule has 1 heterocycles. The van der Waals surface area contributed by atoms with Crippen LogP contribution in [0.3, 0.4) is 0 Å². The van der Waals surface area contributed by atoms with Gasteiger partial charge in [0.2, 0.25) is 0 Å². The average Bonchev–Trinajstić information content (AvgIpc) is 2.84. The summed E-state index contributed by atoms with van der Waals surface area (Å²) < 4.78 is 0. The van der Waals surface area contributed by atoms with Crippen molar-refractivity contribution in [2.24, 2.45) is 5.73 Å². The molecule has 1 aliphatic rings. The first-order valence-electron chi connectivity index (χ1n) is 6.44. The Hall–Kier alpha value is -2.82. The molecule has 2 amide bonds. The molecule has 1 atom stereocenters. The molecule has 0 fully saturated rings. The number of fused-ring (bicyclic) bond motifs is 1. The van der Waals surface area contributed by atoms with Crippen LogP contribution in [0.1, 0.15) is 16.7 Å². The van der Waals surface area contributed by atoms with E-state index < -0.39 is 17.5 Å². The molecule has 5 nitrogen and oxygen atoms in total. The number of nitrogens with two attached hydrogens (primary N) is 1. The zero-order chi connectivity index (χ0) is 15.0. The number of benzene rings is 2. The van der Waals surface area contributed by atoms with Crippen molar-refractivity contribution in [3.63, 3.8) is 0 Å². The number of hydrogen-bond acceptors (Lipinski definition) is 2. The van der Waals surface area contributed by atoms with Gasteiger partial charge in [-0.2, -0.15) is 0 Å². The number of carboxylic acid groups (broad SMARTS) is 1. The lowest BCUT2D eigenvalue weighted by Gasteiger charge is -2.35. The summed E-state index contributed by atoms with van der Waals surface area (Å²) in [6, 6.07) is 16.6. The van der Waals surface area contributed by atoms with E-state index in [0.29, 0.717) is 11.1 Å². The lowest BCUT2D eigenvalue weighted by molar-refractivity contribution is -0.126. The number of rotatable bonds is 2. The Balaban J connectivity index is 2.35. The maximum absolute atomic E-state index is 12.3. The van der Waals surface area contributed by atoms with Gasteiger partial charge >= 0.3 is 6.09 Å². The Morgan fingerprint density at radius 1 is 1.19 bits per heavy atom. The van der Waals surface area contributed by atoms with Gasteiger partial charge in [0.25, 0.3) is 5.91 Å². The SMILES string of the molecule is NC(=O)C1(c2cc[c]cc2)c2ccccc2CN1C(=O)O. The van der Waals surface area contributed by atoms with E-state index in [1.807, 2.05) is 12.1 Å². The molecule has 2 aromatic carbocycles. The normalized spacial score (nSPS) is 20.1. The maximum Gasteiger partial charge on any atom is 0.409 e. The van der Waals surface area contributed by atoms with Crippen molar-refractivity contribution in [2.45, 2.75) is 12.1 Å². The molecule has 0 saturated heterocycles. The van der Waals surface area contributed by atoms with Gasteiger partial charge in [-0.3, -0.25) is 9.69 Å². The van der Waals surface area contributed by atoms with Gasteiger partial charge in [0.05, 0.1) is 6.54 Å². The summed E-state index contributed by atoms with van der Waals surface area (Å²) in [7, 11) is 0. The summed E-state index contributed by atoms with van der Waals surface area (Å²) in [5.74, 6) is -0.707. The predicted octanol–water partition coefficient (Wildman–Crippen LogP) is 1.71. The van der Waals surface area contributed by atoms with E-state index in [2.05, 4.69) is 6.07 Å². The number of carbonyl (C=O) groups excluding carboxylic acids is 1. The summed E-state index contributed by atoms with van der Waals surface area (Å²) in [6.07, 6.45) is -1.18. The van der Waals surface area contributed by atoms with Gasteiger partial charge in [-0.05, 0) is 22.8 Å². The van der Waals surface area contributed by atoms with E-state index in [4.69, 9.17) is 5.73 Å². The fourth-order valence-corrected chi connectivity index (χ4v) is 3.00. The van der Waals surface area contributed by atoms with Crippen LogP contribution in [0.4, 0.5) is 4.79 Å². The first kappa shape index (κ1) is 13.2. The van der Waals surface area contributed by atoms with E-state index in [-0.39, 0.29) is 6.54 Å². The Morgan fingerprint density at radius 3 is 2.48 bits per heavy atom. The Labute approximate surface area is 121 Å². The highest BCUT2D eigenvalue weighted by Crippen LogP contribution is 2.44. The number of primary amides is 1. The van der Waals surface area contributed by atoms with Crippen LogP contribution in [0.15, 0.2) is 48.5 Å². The van der Waals surface area contributed by atoms with Crippen LogP contribution in [0.5, 0.6) is 0 Å². The summed E-state index contributed by atoms with van der Waals surface area (Å²) in [6.45, 7) is 0.132. The third kappa shape index (κ3) is 1.71. The summed E-state index contributed by atoms with van der Waals surface area (Å²) >= 11 is 0. The molecule has 0 bridgehead atoms. The van der Waals surface area contributed by atoms with Crippen LogP contribution < -0.4 is 5.73 Å². The summed E-state index contributed by atoms with van der Waals surface area (Å²) in [4.78, 5) is 25.1. The highest BCUT2D eigenvalue weighted by molar-refractivity contribution is 5.95. The Kier molecular flexibility index (Phi) is 2.90. The number of hydrogen-bond donors (Lipinski definition) is 2. The standard InChI is InChI=1S/C16H13N2O3/c17-14(19)16(12-7-2-1-3-8-12)13-9-5-4-6-11(13)10-18(16)15(20)21/h2-9H,10H2,(H2,17,19)(H,20,21). The molecule has 0 spiro atoms. The van der Waals surface area contributed by atoms with Crippen molar-refractivity contribution in [1.82, 2.24) is 4.90 Å². The zero-order valence-electron chi connectivity index (χ0n) is 11.1. The largest absolute Gasteiger partial charge is 0.465 e. The van der Waals surface area contributed by atoms with Crippen LogP contribution >= 0.6 is 0 Å². The second-order valence-electron chi connectivity index (χ2n) is 4.89. The molecule has 1 radical (unpaired) electrons. The fourth-order valence-electron chi connectivity index (χ4n) is 3.00. The van der Waals surface area contributed by atoms with E-state index in [1.54, 1.807) is 36.4 Å². The molecule has 1 unspecified atom stereocenters. The monoisotopic (exact) mass is 281 g/mol. The Bertz CT molecular complexity index is 714. The molecule has 105 valence electrons. The number of carbonyl (C=O) groups is 2. The van der Waals surface area contributed by atoms with Gasteiger partial charge < -0.3 is 10.8 Å². The minimum atomic E-state index is -1.49. The molecular weight excluding hydrogens is 268 g/mol. The topological polar surface area (TPSA) is 83.6 Å². The smallest absolute Gasteiger partial charge is 0.409 e. The molecule has 0 aromatic heterocycles. The van der Waals surface area contributed by atoms with Crippen LogP contribution in [-0.2, 0) is 16.9 Å². The molecule has 21 heavy (non-hydrogen) atoms. The predicted molar refractivity (Wildman–Crippen MR) is 75.3 cm³/mol. The van der Waals surface area contributed by atoms with Crippen molar-refractivity contribution in [2.75, 3.05) is 0 Å². The summed E-state index contributed by atoms with van der Waals surface area (Å²) in [5.41, 5.74) is 6.09. The van der Waals surface area contributed by atoms with Crippen molar-refractivity contribution in [3.05, 3.63) is 71.3 Å². The number of nitrogens with zero attached hydrogens (tertiary/aromatic N) is 1. The van der Waals surface area contributed by atoms with Crippen LogP contribution in [0.25, 0.3) is 0 Å². The zero-order valence-corrected chi connectivity index (χ0v) is 11.1. The first-order chi connectivity index (χ1) is 10.1. The fraction of sp³-hybridized carbons (Fsp3) is 0.125. The number of amides is 2. The van der Waals surface area contributed by atoms with Crippen molar-refractivity contribution >= 4 is 12.0 Å². The lowest BCUT2D eigenvalue weighted by atomic mass is 9.82. The third-order valence-electron chi connectivity index (χ3n) is 3.86. The minimum Gasteiger partial charge on any atom is -0.465 e. The second-order valence-corrected chi connectivity index (χ2v) is 4.89. The van der Waals surface area contributed by atoms with Crippen LogP contribution in [-0.4, -0.2) is 22.0 Å². The molecule has 3 rings (SSSR count). The van der Waals surface area contributed by atoms with E-state index >= 15 is 0 Å². The summed E-state index contributed by atoms with van der Waals surface area (Å²) in [5, 5.41) is 9.54. The van der Waals surface area contributed by atoms with Crippen molar-refractivity contribution in [3.8, 4) is 0 Å². The minimum absolute atomic E-state index is 0.132. The van der Waals surface area contributed by atoms with Gasteiger partial charge in [0.1, 0.15) is 0 Å². The van der Waals surface area contributed by atoms with Gasteiger partial charge in [-0.15, -0.1) is 0 Å². The second kappa shape index (κ2) is 4.63. The Morgan fingerprint density at radius 2 is 1.86 bits per heavy atom. The van der Waals surface area contributed by atoms with Gasteiger partial charge in [-0.25, -0.2) is 4.79 Å². The van der Waals surface area contributed by atoms with E-state index in [1.165, 1.54) is 0 Å². The highest BCUT2D eigenvalue weighted by Gasteiger charge is 2.53. The molecule has 5 heteroatoms. The highest BCUT2D eigenvalue weighted by atomic mass is 16.4.